The topological polar surface area (TPSA) is 72.2 Å². The van der Waals surface area contributed by atoms with Crippen LogP contribution in [0, 0.1) is 0 Å². The van der Waals surface area contributed by atoms with E-state index in [4.69, 9.17) is 5.73 Å². The zero-order valence-corrected chi connectivity index (χ0v) is 11.9. The molecule has 0 bridgehead atoms. The molecule has 0 saturated carbocycles. The number of hydrogen-bond acceptors (Lipinski definition) is 3. The molecule has 3 N–H and O–H groups in total. The second kappa shape index (κ2) is 6.54. The standard InChI is InChI=1S/C15H18N2O2S/c16-12-4-5-13-8-10-15(11-9-13)20(18,19)17-14-6-2-1-3-7-14/h1-3,6-11,17H,4-5,12,16H2. The molecule has 0 radical (unpaired) electrons. The van der Waals surface area contributed by atoms with Gasteiger partial charge in [-0.2, -0.15) is 0 Å². The van der Waals surface area contributed by atoms with Gasteiger partial charge in [0.25, 0.3) is 10.0 Å². The fourth-order valence-electron chi connectivity index (χ4n) is 1.86. The number of nitrogens with one attached hydrogen (secondary N) is 1. The molecular formula is C15H18N2O2S. The molecule has 4 nitrogen and oxygen atoms in total. The number of rotatable bonds is 6. The Kier molecular flexibility index (Phi) is 4.76. The molecule has 0 aliphatic rings. The van der Waals surface area contributed by atoms with Gasteiger partial charge in [-0.05, 0) is 49.2 Å². The lowest BCUT2D eigenvalue weighted by atomic mass is 10.1. The van der Waals surface area contributed by atoms with Gasteiger partial charge in [0, 0.05) is 5.69 Å². The van der Waals surface area contributed by atoms with E-state index in [1.807, 2.05) is 18.2 Å². The molecule has 106 valence electrons. The van der Waals surface area contributed by atoms with Crippen molar-refractivity contribution in [3.05, 3.63) is 60.2 Å². The molecule has 2 aromatic rings. The maximum atomic E-state index is 12.2. The van der Waals surface area contributed by atoms with Gasteiger partial charge >= 0.3 is 0 Å². The third-order valence-corrected chi connectivity index (χ3v) is 4.33. The smallest absolute Gasteiger partial charge is 0.261 e. The molecule has 0 amide bonds. The number of aryl methyl sites for hydroxylation is 1. The first-order chi connectivity index (χ1) is 9.62. The molecule has 0 spiro atoms. The molecule has 0 aliphatic heterocycles. The average Bonchev–Trinajstić information content (AvgIpc) is 2.46. The van der Waals surface area contributed by atoms with Crippen molar-refractivity contribution in [1.82, 2.24) is 0 Å². The summed E-state index contributed by atoms with van der Waals surface area (Å²) in [7, 11) is -3.53. The highest BCUT2D eigenvalue weighted by Crippen LogP contribution is 2.16. The summed E-state index contributed by atoms with van der Waals surface area (Å²) in [5.74, 6) is 0. The maximum absolute atomic E-state index is 12.2. The highest BCUT2D eigenvalue weighted by atomic mass is 32.2. The average molecular weight is 290 g/mol. The van der Waals surface area contributed by atoms with Gasteiger partial charge in [0.15, 0.2) is 0 Å². The lowest BCUT2D eigenvalue weighted by molar-refractivity contribution is 0.601. The minimum Gasteiger partial charge on any atom is -0.330 e. The van der Waals surface area contributed by atoms with E-state index in [9.17, 15) is 8.42 Å². The van der Waals surface area contributed by atoms with Gasteiger partial charge in [-0.1, -0.05) is 30.3 Å². The number of anilines is 1. The number of sulfonamides is 1. The molecule has 0 aliphatic carbocycles. The first-order valence-electron chi connectivity index (χ1n) is 6.49. The summed E-state index contributed by atoms with van der Waals surface area (Å²) in [6.07, 6.45) is 1.76. The summed E-state index contributed by atoms with van der Waals surface area (Å²) < 4.78 is 26.9. The predicted octanol–water partition coefficient (Wildman–Crippen LogP) is 2.38. The van der Waals surface area contributed by atoms with E-state index in [1.165, 1.54) is 0 Å². The normalized spacial score (nSPS) is 11.2. The van der Waals surface area contributed by atoms with Gasteiger partial charge in [-0.3, -0.25) is 4.72 Å². The Labute approximate surface area is 119 Å². The zero-order valence-electron chi connectivity index (χ0n) is 11.1. The summed E-state index contributed by atoms with van der Waals surface area (Å²) in [6, 6.07) is 15.7. The largest absolute Gasteiger partial charge is 0.330 e. The van der Waals surface area contributed by atoms with Crippen LogP contribution in [-0.2, 0) is 16.4 Å². The van der Waals surface area contributed by atoms with E-state index in [0.29, 0.717) is 12.2 Å². The van der Waals surface area contributed by atoms with Gasteiger partial charge in [0.1, 0.15) is 0 Å². The SMILES string of the molecule is NCCCc1ccc(S(=O)(=O)Nc2ccccc2)cc1. The minimum absolute atomic E-state index is 0.262. The summed E-state index contributed by atoms with van der Waals surface area (Å²) in [5, 5.41) is 0. The first kappa shape index (κ1) is 14.6. The van der Waals surface area contributed by atoms with Crippen LogP contribution in [0.15, 0.2) is 59.5 Å². The number of para-hydroxylation sites is 1. The predicted molar refractivity (Wildman–Crippen MR) is 81.1 cm³/mol. The number of hydrogen-bond donors (Lipinski definition) is 2. The molecule has 2 aromatic carbocycles. The van der Waals surface area contributed by atoms with E-state index in [0.717, 1.165) is 18.4 Å². The molecule has 0 aromatic heterocycles. The number of benzene rings is 2. The van der Waals surface area contributed by atoms with E-state index in [-0.39, 0.29) is 4.90 Å². The molecule has 5 heteroatoms. The van der Waals surface area contributed by atoms with Crippen molar-refractivity contribution in [2.24, 2.45) is 5.73 Å². The summed E-state index contributed by atoms with van der Waals surface area (Å²) >= 11 is 0. The van der Waals surface area contributed by atoms with E-state index in [1.54, 1.807) is 36.4 Å². The second-order valence-electron chi connectivity index (χ2n) is 4.51. The summed E-state index contributed by atoms with van der Waals surface area (Å²) in [6.45, 7) is 0.635. The molecule has 0 saturated heterocycles. The van der Waals surface area contributed by atoms with Gasteiger partial charge < -0.3 is 5.73 Å². The van der Waals surface area contributed by atoms with Crippen LogP contribution in [0.1, 0.15) is 12.0 Å². The van der Waals surface area contributed by atoms with Crippen LogP contribution < -0.4 is 10.5 Å². The molecule has 0 fully saturated rings. The van der Waals surface area contributed by atoms with Crippen molar-refractivity contribution in [3.63, 3.8) is 0 Å². The number of nitrogens with two attached hydrogens (primary N) is 1. The molecule has 2 rings (SSSR count). The first-order valence-corrected chi connectivity index (χ1v) is 7.97. The van der Waals surface area contributed by atoms with Gasteiger partial charge in [-0.25, -0.2) is 8.42 Å². The van der Waals surface area contributed by atoms with Crippen LogP contribution in [0.5, 0.6) is 0 Å². The van der Waals surface area contributed by atoms with E-state index < -0.39 is 10.0 Å². The van der Waals surface area contributed by atoms with Crippen molar-refractivity contribution in [2.75, 3.05) is 11.3 Å². The molecule has 0 heterocycles. The lowest BCUT2D eigenvalue weighted by Gasteiger charge is -2.08. The quantitative estimate of drug-likeness (QED) is 0.858. The Morgan fingerprint density at radius 3 is 2.20 bits per heavy atom. The fourth-order valence-corrected chi connectivity index (χ4v) is 2.92. The molecule has 20 heavy (non-hydrogen) atoms. The van der Waals surface area contributed by atoms with Crippen molar-refractivity contribution in [3.8, 4) is 0 Å². The maximum Gasteiger partial charge on any atom is 0.261 e. The van der Waals surface area contributed by atoms with Crippen LogP contribution >= 0.6 is 0 Å². The third-order valence-electron chi connectivity index (χ3n) is 2.93. The highest BCUT2D eigenvalue weighted by molar-refractivity contribution is 7.92. The van der Waals surface area contributed by atoms with Crippen LogP contribution in [0.3, 0.4) is 0 Å². The fraction of sp³-hybridized carbons (Fsp3) is 0.200. The molecular weight excluding hydrogens is 272 g/mol. The van der Waals surface area contributed by atoms with Crippen LogP contribution in [0.25, 0.3) is 0 Å². The molecule has 0 unspecified atom stereocenters. The Morgan fingerprint density at radius 1 is 0.950 bits per heavy atom. The van der Waals surface area contributed by atoms with Gasteiger partial charge in [0.05, 0.1) is 4.90 Å². The van der Waals surface area contributed by atoms with Crippen molar-refractivity contribution in [2.45, 2.75) is 17.7 Å². The molecule has 0 atom stereocenters. The van der Waals surface area contributed by atoms with Crippen molar-refractivity contribution < 1.29 is 8.42 Å². The van der Waals surface area contributed by atoms with Crippen LogP contribution in [0.4, 0.5) is 5.69 Å². The summed E-state index contributed by atoms with van der Waals surface area (Å²) in [4.78, 5) is 0.262. The van der Waals surface area contributed by atoms with E-state index >= 15 is 0 Å². The second-order valence-corrected chi connectivity index (χ2v) is 6.19. The van der Waals surface area contributed by atoms with Crippen molar-refractivity contribution in [1.29, 1.82) is 0 Å². The third kappa shape index (κ3) is 3.82. The van der Waals surface area contributed by atoms with Crippen LogP contribution in [0.2, 0.25) is 0 Å². The zero-order chi connectivity index (χ0) is 14.4. The summed E-state index contributed by atoms with van der Waals surface area (Å²) in [5.41, 5.74) is 7.10. The van der Waals surface area contributed by atoms with Crippen molar-refractivity contribution >= 4 is 15.7 Å². The Bertz CT molecular complexity index is 637. The van der Waals surface area contributed by atoms with Gasteiger partial charge in [0.2, 0.25) is 0 Å². The lowest BCUT2D eigenvalue weighted by Crippen LogP contribution is -2.12. The van der Waals surface area contributed by atoms with E-state index in [2.05, 4.69) is 4.72 Å². The highest BCUT2D eigenvalue weighted by Gasteiger charge is 2.13. The monoisotopic (exact) mass is 290 g/mol. The minimum atomic E-state index is -3.53. The Morgan fingerprint density at radius 2 is 1.60 bits per heavy atom. The Hall–Kier alpha value is -1.85. The Balaban J connectivity index is 2.13. The van der Waals surface area contributed by atoms with Gasteiger partial charge in [-0.15, -0.1) is 0 Å². The van der Waals surface area contributed by atoms with Crippen LogP contribution in [-0.4, -0.2) is 15.0 Å².